The van der Waals surface area contributed by atoms with E-state index in [1.165, 1.54) is 5.56 Å². The van der Waals surface area contributed by atoms with E-state index in [1.54, 1.807) is 11.8 Å². The van der Waals surface area contributed by atoms with Crippen LogP contribution >= 0.6 is 11.8 Å². The molecule has 0 heterocycles. The van der Waals surface area contributed by atoms with Crippen LogP contribution in [-0.4, -0.2) is 23.8 Å². The highest BCUT2D eigenvalue weighted by molar-refractivity contribution is 8.00. The summed E-state index contributed by atoms with van der Waals surface area (Å²) in [7, 11) is 0. The number of para-hydroxylation sites is 1. The first-order valence-corrected chi connectivity index (χ1v) is 9.06. The minimum absolute atomic E-state index is 0.0291. The monoisotopic (exact) mass is 343 g/mol. The number of rotatable bonds is 7. The summed E-state index contributed by atoms with van der Waals surface area (Å²) in [5.74, 6) is 0.891. The molecule has 2 atom stereocenters. The third-order valence-corrected chi connectivity index (χ3v) is 4.79. The van der Waals surface area contributed by atoms with Crippen molar-refractivity contribution in [2.24, 2.45) is 0 Å². The molecule has 0 radical (unpaired) electrons. The van der Waals surface area contributed by atoms with Crippen molar-refractivity contribution in [1.29, 1.82) is 0 Å². The first-order valence-electron chi connectivity index (χ1n) is 8.18. The SMILES string of the molecule is Cc1ccc(S[C@H](C)C(=O)N[C@H](C)COc2ccccc2C)cc1. The number of ether oxygens (including phenoxy) is 1. The summed E-state index contributed by atoms with van der Waals surface area (Å²) in [5, 5.41) is 2.87. The number of amides is 1. The fourth-order valence-corrected chi connectivity index (χ4v) is 3.09. The molecule has 0 saturated carbocycles. The van der Waals surface area contributed by atoms with Crippen LogP contribution in [-0.2, 0) is 4.79 Å². The van der Waals surface area contributed by atoms with Crippen molar-refractivity contribution in [2.75, 3.05) is 6.61 Å². The van der Waals surface area contributed by atoms with Gasteiger partial charge in [0.15, 0.2) is 0 Å². The number of hydrogen-bond acceptors (Lipinski definition) is 3. The number of carbonyl (C=O) groups is 1. The summed E-state index contributed by atoms with van der Waals surface area (Å²) in [4.78, 5) is 13.4. The average Bonchev–Trinajstić information content (AvgIpc) is 2.56. The van der Waals surface area contributed by atoms with Crippen LogP contribution in [0.5, 0.6) is 5.75 Å². The zero-order chi connectivity index (χ0) is 17.5. The average molecular weight is 343 g/mol. The van der Waals surface area contributed by atoms with Gasteiger partial charge in [0.1, 0.15) is 12.4 Å². The molecule has 0 bridgehead atoms. The van der Waals surface area contributed by atoms with Crippen molar-refractivity contribution in [3.63, 3.8) is 0 Å². The molecule has 0 aromatic heterocycles. The van der Waals surface area contributed by atoms with Crippen LogP contribution in [0, 0.1) is 13.8 Å². The molecule has 0 aliphatic rings. The maximum atomic E-state index is 12.3. The minimum atomic E-state index is -0.145. The second kappa shape index (κ2) is 8.78. The smallest absolute Gasteiger partial charge is 0.233 e. The summed E-state index contributed by atoms with van der Waals surface area (Å²) >= 11 is 1.57. The van der Waals surface area contributed by atoms with Crippen LogP contribution < -0.4 is 10.1 Å². The first-order chi connectivity index (χ1) is 11.5. The molecule has 3 nitrogen and oxygen atoms in total. The number of carbonyl (C=O) groups excluding carboxylic acids is 1. The quantitative estimate of drug-likeness (QED) is 0.759. The minimum Gasteiger partial charge on any atom is -0.491 e. The molecule has 0 saturated heterocycles. The predicted molar refractivity (Wildman–Crippen MR) is 101 cm³/mol. The maximum absolute atomic E-state index is 12.3. The summed E-state index contributed by atoms with van der Waals surface area (Å²) in [6.07, 6.45) is 0. The van der Waals surface area contributed by atoms with Gasteiger partial charge in [-0.2, -0.15) is 0 Å². The molecule has 1 N–H and O–H groups in total. The third-order valence-electron chi connectivity index (χ3n) is 3.67. The van der Waals surface area contributed by atoms with Crippen molar-refractivity contribution in [1.82, 2.24) is 5.32 Å². The summed E-state index contributed by atoms with van der Waals surface area (Å²) in [6.45, 7) is 8.41. The standard InChI is InChI=1S/C20H25NO2S/c1-14-9-11-18(12-10-14)24-17(4)20(22)21-16(3)13-23-19-8-6-5-7-15(19)2/h5-12,16-17H,13H2,1-4H3,(H,21,22)/t16-,17-/m1/s1. The van der Waals surface area contributed by atoms with E-state index in [1.807, 2.05) is 45.0 Å². The molecule has 4 heteroatoms. The number of thioether (sulfide) groups is 1. The van der Waals surface area contributed by atoms with Gasteiger partial charge in [0.25, 0.3) is 0 Å². The van der Waals surface area contributed by atoms with Gasteiger partial charge in [-0.3, -0.25) is 4.79 Å². The Morgan fingerprint density at radius 1 is 1.08 bits per heavy atom. The second-order valence-corrected chi connectivity index (χ2v) is 7.47. The van der Waals surface area contributed by atoms with E-state index in [9.17, 15) is 4.79 Å². The largest absolute Gasteiger partial charge is 0.491 e. The highest BCUT2D eigenvalue weighted by Crippen LogP contribution is 2.23. The van der Waals surface area contributed by atoms with Crippen LogP contribution in [0.1, 0.15) is 25.0 Å². The lowest BCUT2D eigenvalue weighted by atomic mass is 10.2. The van der Waals surface area contributed by atoms with E-state index in [-0.39, 0.29) is 17.2 Å². The molecular formula is C20H25NO2S. The van der Waals surface area contributed by atoms with E-state index < -0.39 is 0 Å². The van der Waals surface area contributed by atoms with Gasteiger partial charge in [0.05, 0.1) is 11.3 Å². The molecular weight excluding hydrogens is 318 g/mol. The molecule has 0 spiro atoms. The Bertz CT molecular complexity index is 670. The fourth-order valence-electron chi connectivity index (χ4n) is 2.21. The summed E-state index contributed by atoms with van der Waals surface area (Å²) in [6, 6.07) is 16.1. The van der Waals surface area contributed by atoms with Crippen molar-refractivity contribution in [2.45, 2.75) is 43.9 Å². The molecule has 0 aliphatic carbocycles. The highest BCUT2D eigenvalue weighted by atomic mass is 32.2. The molecule has 0 unspecified atom stereocenters. The lowest BCUT2D eigenvalue weighted by Crippen LogP contribution is -2.40. The van der Waals surface area contributed by atoms with E-state index in [2.05, 4.69) is 36.5 Å². The number of aryl methyl sites for hydroxylation is 2. The maximum Gasteiger partial charge on any atom is 0.233 e. The van der Waals surface area contributed by atoms with Crippen molar-refractivity contribution < 1.29 is 9.53 Å². The zero-order valence-corrected chi connectivity index (χ0v) is 15.5. The molecule has 24 heavy (non-hydrogen) atoms. The van der Waals surface area contributed by atoms with Gasteiger partial charge in [-0.1, -0.05) is 35.9 Å². The Balaban J connectivity index is 1.80. The van der Waals surface area contributed by atoms with Crippen molar-refractivity contribution >= 4 is 17.7 Å². The van der Waals surface area contributed by atoms with Gasteiger partial charge in [0, 0.05) is 4.90 Å². The van der Waals surface area contributed by atoms with Gasteiger partial charge < -0.3 is 10.1 Å². The van der Waals surface area contributed by atoms with Crippen LogP contribution in [0.2, 0.25) is 0 Å². The van der Waals surface area contributed by atoms with Crippen LogP contribution in [0.15, 0.2) is 53.4 Å². The Morgan fingerprint density at radius 3 is 2.42 bits per heavy atom. The predicted octanol–water partition coefficient (Wildman–Crippen LogP) is 4.37. The van der Waals surface area contributed by atoms with Gasteiger partial charge in [-0.05, 0) is 51.5 Å². The third kappa shape index (κ3) is 5.60. The number of hydrogen-bond donors (Lipinski definition) is 1. The lowest BCUT2D eigenvalue weighted by Gasteiger charge is -2.18. The second-order valence-electron chi connectivity index (χ2n) is 6.06. The summed E-state index contributed by atoms with van der Waals surface area (Å²) < 4.78 is 5.79. The van der Waals surface area contributed by atoms with E-state index >= 15 is 0 Å². The van der Waals surface area contributed by atoms with E-state index in [4.69, 9.17) is 4.74 Å². The van der Waals surface area contributed by atoms with Crippen molar-refractivity contribution in [3.05, 3.63) is 59.7 Å². The van der Waals surface area contributed by atoms with Gasteiger partial charge in [-0.15, -0.1) is 11.8 Å². The number of nitrogens with one attached hydrogen (secondary N) is 1. The molecule has 2 aromatic rings. The van der Waals surface area contributed by atoms with Crippen LogP contribution in [0.4, 0.5) is 0 Å². The van der Waals surface area contributed by atoms with Gasteiger partial charge in [-0.25, -0.2) is 0 Å². The zero-order valence-electron chi connectivity index (χ0n) is 14.7. The molecule has 2 aromatic carbocycles. The normalized spacial score (nSPS) is 13.2. The Labute approximate surface area is 148 Å². The topological polar surface area (TPSA) is 38.3 Å². The van der Waals surface area contributed by atoms with Gasteiger partial charge in [0.2, 0.25) is 5.91 Å². The molecule has 1 amide bonds. The first kappa shape index (κ1) is 18.4. The fraction of sp³-hybridized carbons (Fsp3) is 0.350. The van der Waals surface area contributed by atoms with Gasteiger partial charge >= 0.3 is 0 Å². The number of benzene rings is 2. The molecule has 128 valence electrons. The van der Waals surface area contributed by atoms with Crippen LogP contribution in [0.3, 0.4) is 0 Å². The Kier molecular flexibility index (Phi) is 6.73. The van der Waals surface area contributed by atoms with E-state index in [0.717, 1.165) is 16.2 Å². The van der Waals surface area contributed by atoms with Crippen LogP contribution in [0.25, 0.3) is 0 Å². The molecule has 2 rings (SSSR count). The van der Waals surface area contributed by atoms with Crippen molar-refractivity contribution in [3.8, 4) is 5.75 Å². The molecule has 0 aliphatic heterocycles. The Morgan fingerprint density at radius 2 is 1.75 bits per heavy atom. The van der Waals surface area contributed by atoms with E-state index in [0.29, 0.717) is 6.61 Å². The Hall–Kier alpha value is -1.94. The lowest BCUT2D eigenvalue weighted by molar-refractivity contribution is -0.121. The highest BCUT2D eigenvalue weighted by Gasteiger charge is 2.17. The summed E-state index contributed by atoms with van der Waals surface area (Å²) in [5.41, 5.74) is 2.32. The molecule has 0 fully saturated rings.